The highest BCUT2D eigenvalue weighted by Crippen LogP contribution is 2.31. The van der Waals surface area contributed by atoms with Crippen molar-refractivity contribution in [3.8, 4) is 5.75 Å². The number of aryl methyl sites for hydroxylation is 1. The second-order valence-corrected chi connectivity index (χ2v) is 5.09. The molecule has 1 aromatic rings. The van der Waals surface area contributed by atoms with Crippen LogP contribution in [-0.4, -0.2) is 44.5 Å². The molecule has 106 valence electrons. The molecule has 1 heterocycles. The van der Waals surface area contributed by atoms with Crippen LogP contribution in [0.3, 0.4) is 0 Å². The van der Waals surface area contributed by atoms with Gasteiger partial charge >= 0.3 is 0 Å². The Kier molecular flexibility index (Phi) is 5.05. The molecule has 0 spiro atoms. The normalized spacial score (nSPS) is 20.2. The summed E-state index contributed by atoms with van der Waals surface area (Å²) >= 11 is 0. The van der Waals surface area contributed by atoms with E-state index in [1.807, 2.05) is 6.07 Å². The Labute approximate surface area is 115 Å². The molecule has 0 saturated carbocycles. The third kappa shape index (κ3) is 3.39. The molecule has 2 N–H and O–H groups in total. The topological polar surface area (TPSA) is 44.7 Å². The molecule has 1 aliphatic heterocycles. The number of anilines is 1. The Morgan fingerprint density at radius 2 is 2.32 bits per heavy atom. The van der Waals surface area contributed by atoms with Crippen LogP contribution in [0.5, 0.6) is 5.75 Å². The fraction of sp³-hybridized carbons (Fsp3) is 0.600. The third-order valence-corrected chi connectivity index (χ3v) is 3.68. The van der Waals surface area contributed by atoms with Crippen LogP contribution in [0, 0.1) is 6.92 Å². The SMILES string of the molecule is COc1ccc(C)cc1N1CCCNCC1CCO. The van der Waals surface area contributed by atoms with Gasteiger partial charge in [0, 0.05) is 25.7 Å². The Bertz CT molecular complexity index is 409. The maximum absolute atomic E-state index is 9.27. The van der Waals surface area contributed by atoms with Gasteiger partial charge < -0.3 is 20.1 Å². The molecule has 1 aliphatic rings. The van der Waals surface area contributed by atoms with Gasteiger partial charge in [0.15, 0.2) is 0 Å². The molecular formula is C15H24N2O2. The lowest BCUT2D eigenvalue weighted by Crippen LogP contribution is -2.40. The largest absolute Gasteiger partial charge is 0.495 e. The first-order valence-corrected chi connectivity index (χ1v) is 6.99. The third-order valence-electron chi connectivity index (χ3n) is 3.68. The number of aliphatic hydroxyl groups is 1. The van der Waals surface area contributed by atoms with Crippen molar-refractivity contribution in [3.05, 3.63) is 23.8 Å². The summed E-state index contributed by atoms with van der Waals surface area (Å²) in [5.41, 5.74) is 2.38. The van der Waals surface area contributed by atoms with Crippen molar-refractivity contribution in [1.29, 1.82) is 0 Å². The van der Waals surface area contributed by atoms with Crippen molar-refractivity contribution >= 4 is 5.69 Å². The van der Waals surface area contributed by atoms with Crippen LogP contribution in [0.15, 0.2) is 18.2 Å². The number of rotatable bonds is 4. The van der Waals surface area contributed by atoms with Gasteiger partial charge in [0.05, 0.1) is 12.8 Å². The molecule has 0 radical (unpaired) electrons. The van der Waals surface area contributed by atoms with Crippen molar-refractivity contribution in [3.63, 3.8) is 0 Å². The van der Waals surface area contributed by atoms with Gasteiger partial charge in [0.1, 0.15) is 5.75 Å². The first kappa shape index (κ1) is 14.2. The minimum absolute atomic E-state index is 0.219. The van der Waals surface area contributed by atoms with E-state index < -0.39 is 0 Å². The molecule has 2 rings (SSSR count). The zero-order valence-corrected chi connectivity index (χ0v) is 11.9. The Morgan fingerprint density at radius 3 is 3.05 bits per heavy atom. The summed E-state index contributed by atoms with van der Waals surface area (Å²) in [4.78, 5) is 2.38. The molecule has 19 heavy (non-hydrogen) atoms. The van der Waals surface area contributed by atoms with E-state index in [9.17, 15) is 5.11 Å². The minimum atomic E-state index is 0.219. The zero-order chi connectivity index (χ0) is 13.7. The number of ether oxygens (including phenoxy) is 1. The highest BCUT2D eigenvalue weighted by Gasteiger charge is 2.23. The number of aliphatic hydroxyl groups excluding tert-OH is 1. The van der Waals surface area contributed by atoms with E-state index >= 15 is 0 Å². The quantitative estimate of drug-likeness (QED) is 0.866. The summed E-state index contributed by atoms with van der Waals surface area (Å²) in [6.45, 7) is 5.26. The smallest absolute Gasteiger partial charge is 0.142 e. The van der Waals surface area contributed by atoms with E-state index in [1.165, 1.54) is 5.56 Å². The van der Waals surface area contributed by atoms with Gasteiger partial charge in [-0.25, -0.2) is 0 Å². The molecule has 0 amide bonds. The molecule has 0 aliphatic carbocycles. The van der Waals surface area contributed by atoms with E-state index in [0.29, 0.717) is 6.04 Å². The van der Waals surface area contributed by atoms with E-state index in [4.69, 9.17) is 4.74 Å². The fourth-order valence-electron chi connectivity index (χ4n) is 2.68. The maximum atomic E-state index is 9.27. The second-order valence-electron chi connectivity index (χ2n) is 5.09. The molecule has 1 saturated heterocycles. The summed E-state index contributed by atoms with van der Waals surface area (Å²) < 4.78 is 5.50. The lowest BCUT2D eigenvalue weighted by molar-refractivity contribution is 0.272. The van der Waals surface area contributed by atoms with Gasteiger partial charge in [0.25, 0.3) is 0 Å². The fourth-order valence-corrected chi connectivity index (χ4v) is 2.68. The van der Waals surface area contributed by atoms with Crippen LogP contribution in [0.1, 0.15) is 18.4 Å². The van der Waals surface area contributed by atoms with Gasteiger partial charge in [0.2, 0.25) is 0 Å². The van der Waals surface area contributed by atoms with Crippen molar-refractivity contribution in [1.82, 2.24) is 5.32 Å². The summed E-state index contributed by atoms with van der Waals surface area (Å²) in [5.74, 6) is 0.912. The van der Waals surface area contributed by atoms with Gasteiger partial charge in [-0.2, -0.15) is 0 Å². The second kappa shape index (κ2) is 6.78. The number of methoxy groups -OCH3 is 1. The zero-order valence-electron chi connectivity index (χ0n) is 11.9. The molecule has 0 aromatic heterocycles. The van der Waals surface area contributed by atoms with Gasteiger partial charge in [-0.3, -0.25) is 0 Å². The molecule has 1 fully saturated rings. The average molecular weight is 264 g/mol. The van der Waals surface area contributed by atoms with E-state index in [-0.39, 0.29) is 6.61 Å². The van der Waals surface area contributed by atoms with E-state index in [1.54, 1.807) is 7.11 Å². The van der Waals surface area contributed by atoms with Crippen LogP contribution in [0.2, 0.25) is 0 Å². The standard InChI is InChI=1S/C15H24N2O2/c1-12-4-5-15(19-2)14(10-12)17-8-3-7-16-11-13(17)6-9-18/h4-5,10,13,16,18H,3,6-9,11H2,1-2H3. The maximum Gasteiger partial charge on any atom is 0.142 e. The predicted octanol–water partition coefficient (Wildman–Crippen LogP) is 1.55. The monoisotopic (exact) mass is 264 g/mol. The van der Waals surface area contributed by atoms with Crippen LogP contribution in [0.4, 0.5) is 5.69 Å². The van der Waals surface area contributed by atoms with Crippen molar-refractivity contribution in [2.45, 2.75) is 25.8 Å². The average Bonchev–Trinajstić information content (AvgIpc) is 2.64. The van der Waals surface area contributed by atoms with Crippen LogP contribution < -0.4 is 15.0 Å². The Balaban J connectivity index is 2.31. The van der Waals surface area contributed by atoms with Crippen molar-refractivity contribution in [2.75, 3.05) is 38.3 Å². The molecule has 1 aromatic carbocycles. The van der Waals surface area contributed by atoms with Gasteiger partial charge in [-0.1, -0.05) is 6.07 Å². The predicted molar refractivity (Wildman–Crippen MR) is 78.1 cm³/mol. The molecule has 4 heteroatoms. The van der Waals surface area contributed by atoms with Crippen molar-refractivity contribution in [2.24, 2.45) is 0 Å². The Hall–Kier alpha value is -1.26. The number of benzene rings is 1. The summed E-state index contributed by atoms with van der Waals surface area (Å²) in [7, 11) is 1.71. The lowest BCUT2D eigenvalue weighted by atomic mass is 10.1. The number of hydrogen-bond acceptors (Lipinski definition) is 4. The molecule has 1 unspecified atom stereocenters. The van der Waals surface area contributed by atoms with E-state index in [2.05, 4.69) is 29.3 Å². The summed E-state index contributed by atoms with van der Waals surface area (Å²) in [6.07, 6.45) is 1.89. The molecule has 4 nitrogen and oxygen atoms in total. The van der Waals surface area contributed by atoms with Crippen LogP contribution in [-0.2, 0) is 0 Å². The highest BCUT2D eigenvalue weighted by molar-refractivity contribution is 5.61. The number of nitrogens with zero attached hydrogens (tertiary/aromatic N) is 1. The summed E-state index contributed by atoms with van der Waals surface area (Å²) in [5, 5.41) is 12.7. The van der Waals surface area contributed by atoms with E-state index in [0.717, 1.165) is 43.9 Å². The number of nitrogens with one attached hydrogen (secondary N) is 1. The first-order valence-electron chi connectivity index (χ1n) is 6.99. The van der Waals surface area contributed by atoms with Gasteiger partial charge in [-0.15, -0.1) is 0 Å². The number of hydrogen-bond donors (Lipinski definition) is 2. The van der Waals surface area contributed by atoms with Crippen LogP contribution in [0.25, 0.3) is 0 Å². The molecule has 0 bridgehead atoms. The summed E-state index contributed by atoms with van der Waals surface area (Å²) in [6, 6.07) is 6.59. The molecular weight excluding hydrogens is 240 g/mol. The van der Waals surface area contributed by atoms with Crippen molar-refractivity contribution < 1.29 is 9.84 Å². The van der Waals surface area contributed by atoms with Gasteiger partial charge in [-0.05, 0) is 44.0 Å². The first-order chi connectivity index (χ1) is 9.26. The Morgan fingerprint density at radius 1 is 1.47 bits per heavy atom. The lowest BCUT2D eigenvalue weighted by Gasteiger charge is -2.32. The highest BCUT2D eigenvalue weighted by atomic mass is 16.5. The van der Waals surface area contributed by atoms with Crippen LogP contribution >= 0.6 is 0 Å². The minimum Gasteiger partial charge on any atom is -0.495 e. The molecule has 1 atom stereocenters.